The molecule has 0 radical (unpaired) electrons. The highest BCUT2D eigenvalue weighted by Gasteiger charge is 2.03. The number of nitrogens with zero attached hydrogens (tertiary/aromatic N) is 2. The Balaban J connectivity index is 1.80. The molecular weight excluding hydrogens is 253 g/mol. The van der Waals surface area contributed by atoms with Gasteiger partial charge in [-0.2, -0.15) is 0 Å². The van der Waals surface area contributed by atoms with Crippen molar-refractivity contribution >= 4 is 0 Å². The number of imidazole rings is 1. The van der Waals surface area contributed by atoms with Gasteiger partial charge < -0.3 is 9.88 Å². The average Bonchev–Trinajstić information content (AvgIpc) is 2.85. The Morgan fingerprint density at radius 2 is 2.20 bits per heavy atom. The van der Waals surface area contributed by atoms with Gasteiger partial charge in [0.1, 0.15) is 11.6 Å². The van der Waals surface area contributed by atoms with Crippen LogP contribution in [0.4, 0.5) is 4.39 Å². The first-order valence-electron chi connectivity index (χ1n) is 7.16. The minimum absolute atomic E-state index is 0.166. The molecule has 20 heavy (non-hydrogen) atoms. The Hall–Kier alpha value is -1.68. The molecular formula is C16H22FN3. The highest BCUT2D eigenvalue weighted by Crippen LogP contribution is 2.10. The van der Waals surface area contributed by atoms with Crippen molar-refractivity contribution in [3.63, 3.8) is 0 Å². The number of rotatable bonds is 7. The van der Waals surface area contributed by atoms with E-state index in [9.17, 15) is 4.39 Å². The molecule has 1 N–H and O–H groups in total. The van der Waals surface area contributed by atoms with Crippen LogP contribution in [0, 0.1) is 12.7 Å². The lowest BCUT2D eigenvalue weighted by atomic mass is 10.1. The number of aryl methyl sites for hydroxylation is 2. The van der Waals surface area contributed by atoms with Crippen molar-refractivity contribution in [1.82, 2.24) is 14.9 Å². The van der Waals surface area contributed by atoms with Crippen molar-refractivity contribution in [2.75, 3.05) is 6.54 Å². The molecule has 0 unspecified atom stereocenters. The molecule has 0 amide bonds. The second kappa shape index (κ2) is 7.20. The lowest BCUT2D eigenvalue weighted by Gasteiger charge is -2.09. The van der Waals surface area contributed by atoms with E-state index >= 15 is 0 Å². The fourth-order valence-electron chi connectivity index (χ4n) is 2.31. The molecule has 2 aromatic rings. The van der Waals surface area contributed by atoms with Crippen LogP contribution in [-0.4, -0.2) is 16.1 Å². The molecule has 0 saturated carbocycles. The summed E-state index contributed by atoms with van der Waals surface area (Å²) in [6.07, 6.45) is 5.88. The van der Waals surface area contributed by atoms with Gasteiger partial charge in [-0.3, -0.25) is 0 Å². The van der Waals surface area contributed by atoms with Crippen LogP contribution in [0.5, 0.6) is 0 Å². The smallest absolute Gasteiger partial charge is 0.123 e. The molecule has 0 fully saturated rings. The largest absolute Gasteiger partial charge is 0.334 e. The normalized spacial score (nSPS) is 10.9. The van der Waals surface area contributed by atoms with Gasteiger partial charge >= 0.3 is 0 Å². The minimum Gasteiger partial charge on any atom is -0.334 e. The lowest BCUT2D eigenvalue weighted by Crippen LogP contribution is -2.20. The van der Waals surface area contributed by atoms with Crippen LogP contribution in [0.15, 0.2) is 30.6 Å². The van der Waals surface area contributed by atoms with Gasteiger partial charge in [0.05, 0.1) is 6.54 Å². The molecule has 0 spiro atoms. The van der Waals surface area contributed by atoms with Crippen molar-refractivity contribution in [2.45, 2.75) is 39.8 Å². The zero-order valence-corrected chi connectivity index (χ0v) is 12.2. The Labute approximate surface area is 119 Å². The van der Waals surface area contributed by atoms with Crippen molar-refractivity contribution in [3.8, 4) is 0 Å². The van der Waals surface area contributed by atoms with Crippen LogP contribution in [0.2, 0.25) is 0 Å². The Kier molecular flexibility index (Phi) is 5.30. The molecule has 108 valence electrons. The van der Waals surface area contributed by atoms with E-state index in [0.717, 1.165) is 43.9 Å². The Morgan fingerprint density at radius 1 is 1.35 bits per heavy atom. The minimum atomic E-state index is -0.166. The monoisotopic (exact) mass is 275 g/mol. The summed E-state index contributed by atoms with van der Waals surface area (Å²) >= 11 is 0. The zero-order valence-electron chi connectivity index (χ0n) is 12.2. The molecule has 2 rings (SSSR count). The molecule has 0 bridgehead atoms. The van der Waals surface area contributed by atoms with Crippen LogP contribution < -0.4 is 5.32 Å². The summed E-state index contributed by atoms with van der Waals surface area (Å²) < 4.78 is 15.2. The molecule has 1 heterocycles. The van der Waals surface area contributed by atoms with E-state index in [0.29, 0.717) is 0 Å². The molecule has 1 aromatic heterocycles. The number of nitrogens with one attached hydrogen (secondary N) is 1. The van der Waals surface area contributed by atoms with Gasteiger partial charge in [0.2, 0.25) is 0 Å². The Bertz CT molecular complexity index is 548. The topological polar surface area (TPSA) is 29.9 Å². The van der Waals surface area contributed by atoms with E-state index < -0.39 is 0 Å². The number of aromatic nitrogens is 2. The summed E-state index contributed by atoms with van der Waals surface area (Å²) in [7, 11) is 0. The fourth-order valence-corrected chi connectivity index (χ4v) is 2.31. The summed E-state index contributed by atoms with van der Waals surface area (Å²) in [5.74, 6) is 0.906. The van der Waals surface area contributed by atoms with Gasteiger partial charge in [-0.15, -0.1) is 0 Å². The number of hydrogen-bond donors (Lipinski definition) is 1. The van der Waals surface area contributed by atoms with Crippen LogP contribution in [0.3, 0.4) is 0 Å². The quantitative estimate of drug-likeness (QED) is 0.787. The maximum Gasteiger partial charge on any atom is 0.123 e. The van der Waals surface area contributed by atoms with Crippen LogP contribution in [0.1, 0.15) is 30.3 Å². The molecule has 0 aliphatic heterocycles. The first-order valence-corrected chi connectivity index (χ1v) is 7.16. The molecule has 1 aromatic carbocycles. The first kappa shape index (κ1) is 14.7. The van der Waals surface area contributed by atoms with Gasteiger partial charge in [-0.1, -0.05) is 13.0 Å². The van der Waals surface area contributed by atoms with Gasteiger partial charge in [-0.05, 0) is 49.6 Å². The summed E-state index contributed by atoms with van der Waals surface area (Å²) in [5, 5.41) is 3.40. The number of halogens is 1. The van der Waals surface area contributed by atoms with Crippen molar-refractivity contribution in [1.29, 1.82) is 0 Å². The molecule has 0 aliphatic carbocycles. The Morgan fingerprint density at radius 3 is 2.95 bits per heavy atom. The summed E-state index contributed by atoms with van der Waals surface area (Å²) in [4.78, 5) is 4.36. The third-order valence-corrected chi connectivity index (χ3v) is 3.43. The second-order valence-electron chi connectivity index (χ2n) is 5.03. The SMILES string of the molecule is CCCn1ccnc1CNCCc1ccc(F)cc1C. The molecule has 4 heteroatoms. The standard InChI is InChI=1S/C16H22FN3/c1-3-9-20-10-8-19-16(20)12-18-7-6-14-4-5-15(17)11-13(14)2/h4-5,8,10-11,18H,3,6-7,9,12H2,1-2H3. The summed E-state index contributed by atoms with van der Waals surface area (Å²) in [6.45, 7) is 6.76. The van der Waals surface area contributed by atoms with E-state index in [-0.39, 0.29) is 5.82 Å². The first-order chi connectivity index (χ1) is 9.70. The maximum atomic E-state index is 13.0. The second-order valence-corrected chi connectivity index (χ2v) is 5.03. The third-order valence-electron chi connectivity index (χ3n) is 3.43. The molecule has 0 aliphatic rings. The highest BCUT2D eigenvalue weighted by molar-refractivity contribution is 5.26. The van der Waals surface area contributed by atoms with Crippen LogP contribution in [-0.2, 0) is 19.5 Å². The van der Waals surface area contributed by atoms with Crippen molar-refractivity contribution in [3.05, 3.63) is 53.4 Å². The van der Waals surface area contributed by atoms with Gasteiger partial charge in [0.15, 0.2) is 0 Å². The van der Waals surface area contributed by atoms with Crippen molar-refractivity contribution in [2.24, 2.45) is 0 Å². The summed E-state index contributed by atoms with van der Waals surface area (Å²) in [6, 6.07) is 4.98. The van der Waals surface area contributed by atoms with Gasteiger partial charge in [0.25, 0.3) is 0 Å². The average molecular weight is 275 g/mol. The van der Waals surface area contributed by atoms with E-state index in [1.165, 1.54) is 11.6 Å². The van der Waals surface area contributed by atoms with Crippen LogP contribution in [0.25, 0.3) is 0 Å². The van der Waals surface area contributed by atoms with E-state index in [1.54, 1.807) is 6.07 Å². The molecule has 0 atom stereocenters. The molecule has 0 saturated heterocycles. The van der Waals surface area contributed by atoms with E-state index in [1.807, 2.05) is 25.4 Å². The van der Waals surface area contributed by atoms with E-state index in [2.05, 4.69) is 21.8 Å². The summed E-state index contributed by atoms with van der Waals surface area (Å²) in [5.41, 5.74) is 2.20. The molecule has 3 nitrogen and oxygen atoms in total. The van der Waals surface area contributed by atoms with E-state index in [4.69, 9.17) is 0 Å². The zero-order chi connectivity index (χ0) is 14.4. The van der Waals surface area contributed by atoms with Gasteiger partial charge in [-0.25, -0.2) is 9.37 Å². The lowest BCUT2D eigenvalue weighted by molar-refractivity contribution is 0.588. The van der Waals surface area contributed by atoms with Crippen LogP contribution >= 0.6 is 0 Å². The maximum absolute atomic E-state index is 13.0. The van der Waals surface area contributed by atoms with Crippen molar-refractivity contribution < 1.29 is 4.39 Å². The third kappa shape index (κ3) is 3.90. The fraction of sp³-hybridized carbons (Fsp3) is 0.438. The van der Waals surface area contributed by atoms with Gasteiger partial charge in [0, 0.05) is 18.9 Å². The highest BCUT2D eigenvalue weighted by atomic mass is 19.1. The number of hydrogen-bond acceptors (Lipinski definition) is 2. The predicted molar refractivity (Wildman–Crippen MR) is 79.1 cm³/mol. The number of benzene rings is 1. The predicted octanol–water partition coefficient (Wildman–Crippen LogP) is 3.07.